The number of fused-ring (bicyclic) bond motifs is 1. The molecule has 150 valence electrons. The van der Waals surface area contributed by atoms with Crippen LogP contribution in [0.3, 0.4) is 0 Å². The SMILES string of the molecule is CCOC(=O)C1C(C)=Nc2nc(SC)nc(N)c2C1c1ccc(C#N)cc1OC. The molecule has 2 atom stereocenters. The number of esters is 1. The fourth-order valence-corrected chi connectivity index (χ4v) is 3.85. The Labute approximate surface area is 173 Å². The number of hydrogen-bond donors (Lipinski definition) is 1. The number of anilines is 1. The summed E-state index contributed by atoms with van der Waals surface area (Å²) in [4.78, 5) is 26.3. The Morgan fingerprint density at radius 1 is 1.38 bits per heavy atom. The van der Waals surface area contributed by atoms with Crippen LogP contribution in [0.15, 0.2) is 28.3 Å². The number of rotatable bonds is 5. The van der Waals surface area contributed by atoms with Crippen LogP contribution in [0.1, 0.15) is 36.5 Å². The van der Waals surface area contributed by atoms with Crippen molar-refractivity contribution in [2.75, 3.05) is 25.7 Å². The minimum atomic E-state index is -0.713. The third-order valence-electron chi connectivity index (χ3n) is 4.73. The van der Waals surface area contributed by atoms with Crippen molar-refractivity contribution in [1.29, 1.82) is 5.26 Å². The van der Waals surface area contributed by atoms with Gasteiger partial charge in [-0.2, -0.15) is 5.26 Å². The van der Waals surface area contributed by atoms with Crippen LogP contribution in [0, 0.1) is 17.2 Å². The van der Waals surface area contributed by atoms with E-state index in [2.05, 4.69) is 21.0 Å². The number of benzene rings is 1. The lowest BCUT2D eigenvalue weighted by atomic mass is 9.76. The van der Waals surface area contributed by atoms with Gasteiger partial charge in [0.2, 0.25) is 0 Å². The molecule has 3 rings (SSSR count). The van der Waals surface area contributed by atoms with Crippen LogP contribution in [0.5, 0.6) is 5.75 Å². The highest BCUT2D eigenvalue weighted by atomic mass is 32.2. The molecule has 2 aromatic rings. The first-order valence-corrected chi connectivity index (χ1v) is 10.2. The second kappa shape index (κ2) is 8.49. The van der Waals surface area contributed by atoms with Crippen LogP contribution < -0.4 is 10.5 Å². The number of nitrogens with two attached hydrogens (primary N) is 1. The van der Waals surface area contributed by atoms with Crippen LogP contribution in [-0.2, 0) is 9.53 Å². The molecule has 1 aromatic heterocycles. The first kappa shape index (κ1) is 20.6. The fraction of sp³-hybridized carbons (Fsp3) is 0.350. The number of nitrogens with zero attached hydrogens (tertiary/aromatic N) is 4. The Morgan fingerprint density at radius 3 is 2.76 bits per heavy atom. The largest absolute Gasteiger partial charge is 0.496 e. The number of carbonyl (C=O) groups is 1. The maximum absolute atomic E-state index is 12.9. The summed E-state index contributed by atoms with van der Waals surface area (Å²) in [6, 6.07) is 7.16. The van der Waals surface area contributed by atoms with Gasteiger partial charge in [0.25, 0.3) is 0 Å². The third kappa shape index (κ3) is 3.76. The van der Waals surface area contributed by atoms with Gasteiger partial charge >= 0.3 is 5.97 Å². The molecule has 2 heterocycles. The smallest absolute Gasteiger partial charge is 0.315 e. The maximum Gasteiger partial charge on any atom is 0.315 e. The van der Waals surface area contributed by atoms with Crippen molar-refractivity contribution in [1.82, 2.24) is 9.97 Å². The molecular weight excluding hydrogens is 390 g/mol. The molecule has 2 unspecified atom stereocenters. The summed E-state index contributed by atoms with van der Waals surface area (Å²) in [7, 11) is 1.51. The second-order valence-electron chi connectivity index (χ2n) is 6.36. The van der Waals surface area contributed by atoms with Crippen molar-refractivity contribution in [3.05, 3.63) is 34.9 Å². The van der Waals surface area contributed by atoms with Gasteiger partial charge in [0.1, 0.15) is 17.5 Å². The van der Waals surface area contributed by atoms with Crippen LogP contribution in [0.25, 0.3) is 0 Å². The van der Waals surface area contributed by atoms with Gasteiger partial charge in [0, 0.05) is 22.8 Å². The average molecular weight is 411 g/mol. The van der Waals surface area contributed by atoms with E-state index < -0.39 is 17.8 Å². The van der Waals surface area contributed by atoms with E-state index >= 15 is 0 Å². The van der Waals surface area contributed by atoms with Gasteiger partial charge in [0.05, 0.1) is 25.3 Å². The van der Waals surface area contributed by atoms with Crippen molar-refractivity contribution in [3.8, 4) is 11.8 Å². The number of hydrogen-bond acceptors (Lipinski definition) is 9. The normalized spacial score (nSPS) is 17.7. The topological polar surface area (TPSA) is 123 Å². The van der Waals surface area contributed by atoms with Gasteiger partial charge in [0.15, 0.2) is 11.0 Å². The molecule has 0 fully saturated rings. The van der Waals surface area contributed by atoms with Crippen LogP contribution in [-0.4, -0.2) is 41.6 Å². The van der Waals surface area contributed by atoms with Gasteiger partial charge in [-0.3, -0.25) is 4.79 Å². The molecule has 0 saturated heterocycles. The zero-order chi connectivity index (χ0) is 21.1. The lowest BCUT2D eigenvalue weighted by Crippen LogP contribution is -2.34. The standard InChI is InChI=1S/C20H21N5O3S/c1-5-28-19(26)14-10(2)23-18-16(17(22)24-20(25-18)29-4)15(14)12-7-6-11(9-21)8-13(12)27-3/h6-8,14-15H,5H2,1-4H3,(H2,22,24,25). The summed E-state index contributed by atoms with van der Waals surface area (Å²) in [5.41, 5.74) is 8.55. The van der Waals surface area contributed by atoms with Gasteiger partial charge in [-0.1, -0.05) is 17.8 Å². The molecule has 1 aromatic carbocycles. The van der Waals surface area contributed by atoms with Crippen LogP contribution >= 0.6 is 11.8 Å². The lowest BCUT2D eigenvalue weighted by molar-refractivity contribution is -0.146. The Kier molecular flexibility index (Phi) is 6.03. The summed E-state index contributed by atoms with van der Waals surface area (Å²) in [5, 5.41) is 9.73. The number of ether oxygens (including phenoxy) is 2. The molecular formula is C20H21N5O3S. The molecule has 9 heteroatoms. The second-order valence-corrected chi connectivity index (χ2v) is 7.14. The highest BCUT2D eigenvalue weighted by Gasteiger charge is 2.42. The summed E-state index contributed by atoms with van der Waals surface area (Å²) in [6.45, 7) is 3.76. The third-order valence-corrected chi connectivity index (χ3v) is 5.28. The van der Waals surface area contributed by atoms with E-state index in [9.17, 15) is 10.1 Å². The first-order valence-electron chi connectivity index (χ1n) is 8.96. The predicted molar refractivity (Wildman–Crippen MR) is 111 cm³/mol. The Morgan fingerprint density at radius 2 is 2.14 bits per heavy atom. The number of methoxy groups -OCH3 is 1. The molecule has 0 radical (unpaired) electrons. The minimum Gasteiger partial charge on any atom is -0.496 e. The molecule has 8 nitrogen and oxygen atoms in total. The number of aliphatic imine (C=N–C) groups is 1. The highest BCUT2D eigenvalue weighted by Crippen LogP contribution is 2.47. The summed E-state index contributed by atoms with van der Waals surface area (Å²) >= 11 is 1.36. The first-order chi connectivity index (χ1) is 13.9. The van der Waals surface area contributed by atoms with Gasteiger partial charge < -0.3 is 15.2 Å². The van der Waals surface area contributed by atoms with E-state index in [0.29, 0.717) is 39.1 Å². The molecule has 29 heavy (non-hydrogen) atoms. The van der Waals surface area contributed by atoms with Crippen molar-refractivity contribution in [3.63, 3.8) is 0 Å². The average Bonchev–Trinajstić information content (AvgIpc) is 2.72. The summed E-state index contributed by atoms with van der Waals surface area (Å²) < 4.78 is 10.9. The Balaban J connectivity index is 2.30. The van der Waals surface area contributed by atoms with E-state index in [0.717, 1.165) is 0 Å². The molecule has 0 amide bonds. The van der Waals surface area contributed by atoms with E-state index in [4.69, 9.17) is 15.2 Å². The monoisotopic (exact) mass is 411 g/mol. The fourth-order valence-electron chi connectivity index (χ4n) is 3.48. The number of nitriles is 1. The highest BCUT2D eigenvalue weighted by molar-refractivity contribution is 7.98. The van der Waals surface area contributed by atoms with Gasteiger partial charge in [-0.25, -0.2) is 15.0 Å². The maximum atomic E-state index is 12.9. The van der Waals surface area contributed by atoms with E-state index in [1.807, 2.05) is 6.26 Å². The molecule has 2 N–H and O–H groups in total. The van der Waals surface area contributed by atoms with E-state index in [1.165, 1.54) is 18.9 Å². The summed E-state index contributed by atoms with van der Waals surface area (Å²) in [6.07, 6.45) is 1.85. The minimum absolute atomic E-state index is 0.240. The zero-order valence-electron chi connectivity index (χ0n) is 16.6. The molecule has 0 saturated carbocycles. The molecule has 0 aliphatic carbocycles. The quantitative estimate of drug-likeness (QED) is 0.452. The van der Waals surface area contributed by atoms with Crippen LogP contribution in [0.4, 0.5) is 11.6 Å². The van der Waals surface area contributed by atoms with Gasteiger partial charge in [-0.05, 0) is 32.2 Å². The van der Waals surface area contributed by atoms with Crippen molar-refractivity contribution < 1.29 is 14.3 Å². The van der Waals surface area contributed by atoms with Gasteiger partial charge in [-0.15, -0.1) is 0 Å². The molecule has 0 bridgehead atoms. The Bertz CT molecular complexity index is 1030. The summed E-state index contributed by atoms with van der Waals surface area (Å²) in [5.74, 6) is -0.533. The number of carbonyl (C=O) groups excluding carboxylic acids is 1. The van der Waals surface area contributed by atoms with E-state index in [1.54, 1.807) is 32.0 Å². The van der Waals surface area contributed by atoms with E-state index in [-0.39, 0.29) is 12.4 Å². The molecule has 0 spiro atoms. The van der Waals surface area contributed by atoms with Crippen molar-refractivity contribution >= 4 is 35.1 Å². The number of nitrogen functional groups attached to an aromatic ring is 1. The van der Waals surface area contributed by atoms with Crippen molar-refractivity contribution in [2.45, 2.75) is 24.9 Å². The van der Waals surface area contributed by atoms with Crippen molar-refractivity contribution in [2.24, 2.45) is 10.9 Å². The lowest BCUT2D eigenvalue weighted by Gasteiger charge is -2.32. The molecule has 1 aliphatic heterocycles. The zero-order valence-corrected chi connectivity index (χ0v) is 17.4. The number of aromatic nitrogens is 2. The van der Waals surface area contributed by atoms with Crippen LogP contribution in [0.2, 0.25) is 0 Å². The molecule has 1 aliphatic rings. The number of thioether (sulfide) groups is 1. The predicted octanol–water partition coefficient (Wildman–Crippen LogP) is 3.08. The Hall–Kier alpha value is -3.12.